The molecule has 116 valence electrons. The molecule has 0 aliphatic rings. The van der Waals surface area contributed by atoms with E-state index in [1.54, 1.807) is 27.7 Å². The van der Waals surface area contributed by atoms with Crippen LogP contribution in [0.3, 0.4) is 0 Å². The van der Waals surface area contributed by atoms with E-state index in [0.717, 1.165) is 0 Å². The SMILES string of the molecule is CCC(C)C(NC(=O)CCNC(=O)C(C)(C)C)C(=O)O. The van der Waals surface area contributed by atoms with Gasteiger partial charge in [0.25, 0.3) is 0 Å². The van der Waals surface area contributed by atoms with Crippen molar-refractivity contribution < 1.29 is 19.5 Å². The van der Waals surface area contributed by atoms with Crippen molar-refractivity contribution in [3.63, 3.8) is 0 Å². The summed E-state index contributed by atoms with van der Waals surface area (Å²) in [5.74, 6) is -1.68. The molecule has 0 saturated carbocycles. The van der Waals surface area contributed by atoms with Gasteiger partial charge in [-0.1, -0.05) is 41.0 Å². The molecule has 0 rings (SSSR count). The second-order valence-electron chi connectivity index (χ2n) is 6.02. The second-order valence-corrected chi connectivity index (χ2v) is 6.02. The maximum absolute atomic E-state index is 11.7. The van der Waals surface area contributed by atoms with Crippen LogP contribution in [-0.4, -0.2) is 35.5 Å². The molecule has 0 spiro atoms. The fourth-order valence-electron chi connectivity index (χ4n) is 1.48. The molecule has 6 heteroatoms. The average Bonchev–Trinajstić information content (AvgIpc) is 2.33. The lowest BCUT2D eigenvalue weighted by Crippen LogP contribution is -2.46. The van der Waals surface area contributed by atoms with Crippen molar-refractivity contribution in [1.29, 1.82) is 0 Å². The highest BCUT2D eigenvalue weighted by Crippen LogP contribution is 2.12. The Labute approximate surface area is 120 Å². The molecular formula is C14H26N2O4. The van der Waals surface area contributed by atoms with Crippen LogP contribution in [0.1, 0.15) is 47.5 Å². The monoisotopic (exact) mass is 286 g/mol. The zero-order valence-corrected chi connectivity index (χ0v) is 12.9. The Bertz CT molecular complexity index is 361. The third kappa shape index (κ3) is 6.54. The number of hydrogen-bond acceptors (Lipinski definition) is 3. The number of carbonyl (C=O) groups excluding carboxylic acids is 2. The summed E-state index contributed by atoms with van der Waals surface area (Å²) >= 11 is 0. The minimum absolute atomic E-state index is 0.0715. The topological polar surface area (TPSA) is 95.5 Å². The number of aliphatic carboxylic acids is 1. The molecule has 3 N–H and O–H groups in total. The third-order valence-corrected chi connectivity index (χ3v) is 3.11. The van der Waals surface area contributed by atoms with Crippen molar-refractivity contribution in [1.82, 2.24) is 10.6 Å². The van der Waals surface area contributed by atoms with Gasteiger partial charge in [0.1, 0.15) is 6.04 Å². The van der Waals surface area contributed by atoms with Crippen LogP contribution in [0.4, 0.5) is 0 Å². The molecule has 0 radical (unpaired) electrons. The number of rotatable bonds is 7. The smallest absolute Gasteiger partial charge is 0.326 e. The van der Waals surface area contributed by atoms with Gasteiger partial charge in [-0.05, 0) is 5.92 Å². The summed E-state index contributed by atoms with van der Waals surface area (Å²) in [5.41, 5.74) is -0.503. The summed E-state index contributed by atoms with van der Waals surface area (Å²) in [7, 11) is 0. The number of amides is 2. The maximum Gasteiger partial charge on any atom is 0.326 e. The van der Waals surface area contributed by atoms with Gasteiger partial charge in [0.05, 0.1) is 0 Å². The lowest BCUT2D eigenvalue weighted by atomic mass is 9.96. The summed E-state index contributed by atoms with van der Waals surface area (Å²) < 4.78 is 0. The number of carboxylic acid groups (broad SMARTS) is 1. The minimum atomic E-state index is -1.04. The Hall–Kier alpha value is -1.59. The molecule has 2 unspecified atom stereocenters. The van der Waals surface area contributed by atoms with Crippen molar-refractivity contribution in [2.75, 3.05) is 6.54 Å². The Morgan fingerprint density at radius 3 is 2.15 bits per heavy atom. The van der Waals surface area contributed by atoms with Crippen LogP contribution < -0.4 is 10.6 Å². The van der Waals surface area contributed by atoms with Crippen LogP contribution in [0.5, 0.6) is 0 Å². The highest BCUT2D eigenvalue weighted by atomic mass is 16.4. The van der Waals surface area contributed by atoms with E-state index < -0.39 is 17.4 Å². The molecule has 2 atom stereocenters. The fourth-order valence-corrected chi connectivity index (χ4v) is 1.48. The van der Waals surface area contributed by atoms with Gasteiger partial charge in [0.2, 0.25) is 11.8 Å². The van der Waals surface area contributed by atoms with Gasteiger partial charge in [-0.15, -0.1) is 0 Å². The van der Waals surface area contributed by atoms with Gasteiger partial charge in [-0.2, -0.15) is 0 Å². The highest BCUT2D eigenvalue weighted by molar-refractivity contribution is 5.85. The van der Waals surface area contributed by atoms with Crippen molar-refractivity contribution in [2.45, 2.75) is 53.5 Å². The number of hydrogen-bond donors (Lipinski definition) is 3. The first-order valence-corrected chi connectivity index (χ1v) is 6.90. The molecule has 6 nitrogen and oxygen atoms in total. The first kappa shape index (κ1) is 18.4. The van der Waals surface area contributed by atoms with E-state index in [0.29, 0.717) is 6.42 Å². The predicted octanol–water partition coefficient (Wildman–Crippen LogP) is 1.15. The predicted molar refractivity (Wildman–Crippen MR) is 76.1 cm³/mol. The molecule has 0 heterocycles. The van der Waals surface area contributed by atoms with E-state index in [-0.39, 0.29) is 30.7 Å². The minimum Gasteiger partial charge on any atom is -0.480 e. The fraction of sp³-hybridized carbons (Fsp3) is 0.786. The Kier molecular flexibility index (Phi) is 7.24. The van der Waals surface area contributed by atoms with Crippen LogP contribution in [0, 0.1) is 11.3 Å². The zero-order chi connectivity index (χ0) is 15.9. The molecule has 0 aromatic heterocycles. The Balaban J connectivity index is 4.22. The van der Waals surface area contributed by atoms with E-state index in [1.165, 1.54) is 0 Å². The Morgan fingerprint density at radius 2 is 1.75 bits per heavy atom. The van der Waals surface area contributed by atoms with Gasteiger partial charge in [-0.3, -0.25) is 9.59 Å². The molecule has 0 saturated heterocycles. The highest BCUT2D eigenvalue weighted by Gasteiger charge is 2.25. The van der Waals surface area contributed by atoms with E-state index >= 15 is 0 Å². The molecule has 0 aromatic rings. The van der Waals surface area contributed by atoms with Gasteiger partial charge in [0, 0.05) is 18.4 Å². The zero-order valence-electron chi connectivity index (χ0n) is 12.9. The molecule has 0 fully saturated rings. The summed E-state index contributed by atoms with van der Waals surface area (Å²) in [4.78, 5) is 34.3. The summed E-state index contributed by atoms with van der Waals surface area (Å²) in [5, 5.41) is 14.2. The largest absolute Gasteiger partial charge is 0.480 e. The van der Waals surface area contributed by atoms with Gasteiger partial charge in [-0.25, -0.2) is 4.79 Å². The first-order valence-electron chi connectivity index (χ1n) is 6.90. The quantitative estimate of drug-likeness (QED) is 0.654. The lowest BCUT2D eigenvalue weighted by molar-refractivity contribution is -0.143. The first-order chi connectivity index (χ1) is 9.09. The van der Waals surface area contributed by atoms with Crippen LogP contribution in [-0.2, 0) is 14.4 Å². The van der Waals surface area contributed by atoms with Crippen molar-refractivity contribution in [3.05, 3.63) is 0 Å². The summed E-state index contributed by atoms with van der Waals surface area (Å²) in [6.45, 7) is 9.20. The van der Waals surface area contributed by atoms with E-state index in [2.05, 4.69) is 10.6 Å². The third-order valence-electron chi connectivity index (χ3n) is 3.11. The van der Waals surface area contributed by atoms with Crippen molar-refractivity contribution >= 4 is 17.8 Å². The number of carbonyl (C=O) groups is 3. The van der Waals surface area contributed by atoms with Crippen LogP contribution in [0.2, 0.25) is 0 Å². The van der Waals surface area contributed by atoms with Gasteiger partial charge in [0.15, 0.2) is 0 Å². The van der Waals surface area contributed by atoms with Crippen molar-refractivity contribution in [2.24, 2.45) is 11.3 Å². The molecule has 0 bridgehead atoms. The molecule has 2 amide bonds. The number of carboxylic acids is 1. The van der Waals surface area contributed by atoms with Crippen LogP contribution in [0.15, 0.2) is 0 Å². The average molecular weight is 286 g/mol. The molecule has 0 aliphatic heterocycles. The van der Waals surface area contributed by atoms with E-state index in [9.17, 15) is 14.4 Å². The van der Waals surface area contributed by atoms with Gasteiger partial charge >= 0.3 is 5.97 Å². The normalized spacial score (nSPS) is 14.2. The van der Waals surface area contributed by atoms with Crippen molar-refractivity contribution in [3.8, 4) is 0 Å². The summed E-state index contributed by atoms with van der Waals surface area (Å²) in [6.07, 6.45) is 0.736. The lowest BCUT2D eigenvalue weighted by Gasteiger charge is -2.21. The molecule has 0 aliphatic carbocycles. The number of nitrogens with one attached hydrogen (secondary N) is 2. The maximum atomic E-state index is 11.7. The molecule has 20 heavy (non-hydrogen) atoms. The second kappa shape index (κ2) is 7.87. The summed E-state index contributed by atoms with van der Waals surface area (Å²) in [6, 6.07) is -0.884. The van der Waals surface area contributed by atoms with Crippen LogP contribution in [0.25, 0.3) is 0 Å². The van der Waals surface area contributed by atoms with E-state index in [1.807, 2.05) is 6.92 Å². The van der Waals surface area contributed by atoms with E-state index in [4.69, 9.17) is 5.11 Å². The Morgan fingerprint density at radius 1 is 1.20 bits per heavy atom. The standard InChI is InChI=1S/C14H26N2O4/c1-6-9(2)11(12(18)19)16-10(17)7-8-15-13(20)14(3,4)5/h9,11H,6-8H2,1-5H3,(H,15,20)(H,16,17)(H,18,19). The van der Waals surface area contributed by atoms with Gasteiger partial charge < -0.3 is 15.7 Å². The molecular weight excluding hydrogens is 260 g/mol. The molecule has 0 aromatic carbocycles. The van der Waals surface area contributed by atoms with Crippen LogP contribution >= 0.6 is 0 Å².